The second kappa shape index (κ2) is 7.58. The van der Waals surface area contributed by atoms with Crippen LogP contribution in [-0.4, -0.2) is 50.9 Å². The van der Waals surface area contributed by atoms with E-state index >= 15 is 0 Å². The molecule has 1 heterocycles. The van der Waals surface area contributed by atoms with Crippen LogP contribution in [0.3, 0.4) is 0 Å². The lowest BCUT2D eigenvalue weighted by atomic mass is 9.90. The van der Waals surface area contributed by atoms with Crippen molar-refractivity contribution < 1.29 is 22.4 Å². The fourth-order valence-electron chi connectivity index (χ4n) is 2.10. The zero-order valence-electron chi connectivity index (χ0n) is 16.3. The van der Waals surface area contributed by atoms with E-state index < -0.39 is 40.9 Å². The van der Waals surface area contributed by atoms with Crippen LogP contribution in [0.1, 0.15) is 0 Å². The average molecular weight is 423 g/mol. The molecule has 0 amide bonds. The van der Waals surface area contributed by atoms with Gasteiger partial charge >= 0.3 is 15.9 Å². The summed E-state index contributed by atoms with van der Waals surface area (Å²) in [5, 5.41) is 21.7. The summed E-state index contributed by atoms with van der Waals surface area (Å²) in [5.74, 6) is 0. The van der Waals surface area contributed by atoms with E-state index in [0.29, 0.717) is 4.78 Å². The van der Waals surface area contributed by atoms with Gasteiger partial charge in [-0.25, -0.2) is 0 Å². The SMILES string of the molecule is C[Si](C)(C)O[Si](O[Si](C)(C)C)(O[Si](C)(C)C)c1csc(B(O)O)c1. The molecule has 24 heavy (non-hydrogen) atoms. The Morgan fingerprint density at radius 3 is 1.42 bits per heavy atom. The van der Waals surface area contributed by atoms with Crippen molar-refractivity contribution in [1.29, 1.82) is 0 Å². The van der Waals surface area contributed by atoms with Crippen LogP contribution in [0.25, 0.3) is 0 Å². The molecule has 0 saturated heterocycles. The number of hydrogen-bond donors (Lipinski definition) is 2. The lowest BCUT2D eigenvalue weighted by Crippen LogP contribution is -2.67. The van der Waals surface area contributed by atoms with Crippen LogP contribution in [-0.2, 0) is 12.3 Å². The van der Waals surface area contributed by atoms with Gasteiger partial charge in [0.05, 0.1) is 0 Å². The van der Waals surface area contributed by atoms with Gasteiger partial charge in [0.25, 0.3) is 0 Å². The van der Waals surface area contributed by atoms with Crippen LogP contribution in [0.15, 0.2) is 11.4 Å². The van der Waals surface area contributed by atoms with E-state index in [1.165, 1.54) is 11.3 Å². The van der Waals surface area contributed by atoms with Crippen molar-refractivity contribution in [2.45, 2.75) is 58.9 Å². The Kier molecular flexibility index (Phi) is 7.10. The fourth-order valence-corrected chi connectivity index (χ4v) is 16.6. The number of thiophene rings is 1. The van der Waals surface area contributed by atoms with Crippen molar-refractivity contribution in [2.24, 2.45) is 0 Å². The van der Waals surface area contributed by atoms with Crippen molar-refractivity contribution >= 4 is 62.2 Å². The summed E-state index contributed by atoms with van der Waals surface area (Å²) in [5.41, 5.74) is 0. The first kappa shape index (κ1) is 22.5. The molecule has 0 bridgehead atoms. The molecule has 1 aromatic heterocycles. The van der Waals surface area contributed by atoms with Crippen LogP contribution in [0.4, 0.5) is 0 Å². The first-order valence-electron chi connectivity index (χ1n) is 8.09. The third-order valence-electron chi connectivity index (χ3n) is 2.55. The minimum atomic E-state index is -3.13. The molecular weight excluding hydrogens is 391 g/mol. The fraction of sp³-hybridized carbons (Fsp3) is 0.692. The molecule has 0 aliphatic carbocycles. The molecule has 11 heteroatoms. The molecule has 0 aliphatic heterocycles. The van der Waals surface area contributed by atoms with Crippen molar-refractivity contribution in [2.75, 3.05) is 0 Å². The zero-order chi connectivity index (χ0) is 19.0. The van der Waals surface area contributed by atoms with E-state index in [-0.39, 0.29) is 0 Å². The monoisotopic (exact) mass is 422 g/mol. The second-order valence-electron chi connectivity index (χ2n) is 8.81. The zero-order valence-corrected chi connectivity index (χ0v) is 21.1. The maximum atomic E-state index is 9.49. The van der Waals surface area contributed by atoms with Gasteiger partial charge in [-0.3, -0.25) is 0 Å². The predicted octanol–water partition coefficient (Wildman–Crippen LogP) is 2.13. The third-order valence-corrected chi connectivity index (χ3v) is 15.3. The summed E-state index contributed by atoms with van der Waals surface area (Å²) >= 11 is 1.30. The largest absolute Gasteiger partial charge is 0.506 e. The smallest absolute Gasteiger partial charge is 0.423 e. The van der Waals surface area contributed by atoms with Crippen molar-refractivity contribution in [3.63, 3.8) is 0 Å². The third kappa shape index (κ3) is 7.35. The quantitative estimate of drug-likeness (QED) is 0.628. The van der Waals surface area contributed by atoms with Gasteiger partial charge in [0, 0.05) is 9.96 Å². The van der Waals surface area contributed by atoms with E-state index in [4.69, 9.17) is 12.3 Å². The summed E-state index contributed by atoms with van der Waals surface area (Å²) < 4.78 is 20.3. The molecule has 0 radical (unpaired) electrons. The van der Waals surface area contributed by atoms with E-state index in [0.717, 1.165) is 5.19 Å². The van der Waals surface area contributed by atoms with E-state index in [1.807, 2.05) is 5.38 Å². The van der Waals surface area contributed by atoms with Crippen LogP contribution in [0.2, 0.25) is 58.9 Å². The molecule has 0 unspecified atom stereocenters. The van der Waals surface area contributed by atoms with Crippen LogP contribution in [0.5, 0.6) is 0 Å². The van der Waals surface area contributed by atoms with E-state index in [9.17, 15) is 10.0 Å². The molecule has 0 spiro atoms. The maximum Gasteiger partial charge on any atom is 0.506 e. The first-order valence-corrected chi connectivity index (χ1v) is 20.9. The van der Waals surface area contributed by atoms with Gasteiger partial charge in [0.2, 0.25) is 0 Å². The summed E-state index contributed by atoms with van der Waals surface area (Å²) in [6, 6.07) is 1.78. The van der Waals surface area contributed by atoms with Gasteiger partial charge in [0.1, 0.15) is 0 Å². The van der Waals surface area contributed by atoms with Crippen molar-refractivity contribution in [3.8, 4) is 0 Å². The molecule has 0 fully saturated rings. The van der Waals surface area contributed by atoms with Gasteiger partial charge < -0.3 is 22.4 Å². The normalized spacial score (nSPS) is 14.1. The first-order chi connectivity index (χ1) is 10.5. The topological polar surface area (TPSA) is 68.2 Å². The number of hydrogen-bond acceptors (Lipinski definition) is 6. The molecule has 138 valence electrons. The Morgan fingerprint density at radius 2 is 1.17 bits per heavy atom. The van der Waals surface area contributed by atoms with Gasteiger partial charge in [0.15, 0.2) is 25.0 Å². The van der Waals surface area contributed by atoms with Crippen LogP contribution >= 0.6 is 11.3 Å². The van der Waals surface area contributed by atoms with Crippen molar-refractivity contribution in [3.05, 3.63) is 11.4 Å². The predicted molar refractivity (Wildman–Crippen MR) is 113 cm³/mol. The Hall–Kier alpha value is 0.432. The summed E-state index contributed by atoms with van der Waals surface area (Å²) in [6.45, 7) is 19.2. The average Bonchev–Trinajstić information content (AvgIpc) is 2.69. The molecule has 1 aromatic rings. The molecular formula is C13H31BO5SSi4. The van der Waals surface area contributed by atoms with Gasteiger partial charge in [-0.1, -0.05) is 0 Å². The highest BCUT2D eigenvalue weighted by molar-refractivity contribution is 7.22. The number of rotatable bonds is 8. The molecule has 1 rings (SSSR count). The minimum absolute atomic E-state index is 0.486. The van der Waals surface area contributed by atoms with Crippen molar-refractivity contribution in [1.82, 2.24) is 0 Å². The molecule has 0 saturated carbocycles. The lowest BCUT2D eigenvalue weighted by Gasteiger charge is -2.42. The standard InChI is InChI=1S/C13H31BO5SSi4/c1-21(2,3)17-24(18-22(4,5)6,19-23(7,8)9)12-10-13(14(15)16)20-11-12/h10-11,15-16H,1-9H3. The Labute approximate surface area is 154 Å². The molecule has 0 atom stereocenters. The van der Waals surface area contributed by atoms with Crippen LogP contribution < -0.4 is 9.96 Å². The summed E-state index contributed by atoms with van der Waals surface area (Å²) in [6.07, 6.45) is 0. The molecule has 0 aliphatic rings. The molecule has 5 nitrogen and oxygen atoms in total. The molecule has 2 N–H and O–H groups in total. The van der Waals surface area contributed by atoms with Crippen LogP contribution in [0, 0.1) is 0 Å². The second-order valence-corrected chi connectivity index (χ2v) is 26.6. The molecule has 0 aromatic carbocycles. The Morgan fingerprint density at radius 1 is 0.792 bits per heavy atom. The summed E-state index contributed by atoms with van der Waals surface area (Å²) in [7, 11) is -10.5. The summed E-state index contributed by atoms with van der Waals surface area (Å²) in [4.78, 5) is 0. The highest BCUT2D eigenvalue weighted by atomic mass is 32.1. The highest BCUT2D eigenvalue weighted by Gasteiger charge is 2.52. The van der Waals surface area contributed by atoms with Gasteiger partial charge in [-0.15, -0.1) is 0 Å². The van der Waals surface area contributed by atoms with Gasteiger partial charge in [-0.05, 0) is 70.4 Å². The Bertz CT molecular complexity index is 507. The Balaban J connectivity index is 3.47. The highest BCUT2D eigenvalue weighted by Crippen LogP contribution is 2.26. The van der Waals surface area contributed by atoms with Gasteiger partial charge in [-0.2, -0.15) is 11.3 Å². The van der Waals surface area contributed by atoms with E-state index in [1.54, 1.807) is 6.07 Å². The maximum absolute atomic E-state index is 9.49. The van der Waals surface area contributed by atoms with E-state index in [2.05, 4.69) is 58.9 Å². The minimum Gasteiger partial charge on any atom is -0.423 e. The lowest BCUT2D eigenvalue weighted by molar-refractivity contribution is 0.273.